The summed E-state index contributed by atoms with van der Waals surface area (Å²) in [5.41, 5.74) is 4.84. The summed E-state index contributed by atoms with van der Waals surface area (Å²) in [6.07, 6.45) is -5.08. The Morgan fingerprint density at radius 2 is 1.09 bits per heavy atom. The third-order valence-corrected chi connectivity index (χ3v) is 6.18. The van der Waals surface area contributed by atoms with Crippen LogP contribution in [0, 0.1) is 27.7 Å². The fourth-order valence-corrected chi connectivity index (χ4v) is 3.35. The largest absolute Gasteiger partial charge is 0.490 e. The highest BCUT2D eigenvalue weighted by molar-refractivity contribution is 5.99. The van der Waals surface area contributed by atoms with Gasteiger partial charge in [-0.2, -0.15) is 13.2 Å². The first kappa shape index (κ1) is 34.7. The molecule has 8 nitrogen and oxygen atoms in total. The van der Waals surface area contributed by atoms with E-state index in [1.54, 1.807) is 30.3 Å². The van der Waals surface area contributed by atoms with Crippen LogP contribution in [0.2, 0.25) is 0 Å². The van der Waals surface area contributed by atoms with Crippen LogP contribution in [0.3, 0.4) is 0 Å². The van der Waals surface area contributed by atoms with Gasteiger partial charge in [-0.15, -0.1) is 0 Å². The van der Waals surface area contributed by atoms with Crippen molar-refractivity contribution in [3.05, 3.63) is 93.5 Å². The number of aryl methyl sites for hydroxylation is 4. The van der Waals surface area contributed by atoms with Crippen molar-refractivity contribution in [3.63, 3.8) is 0 Å². The minimum atomic E-state index is -5.08. The second kappa shape index (κ2) is 14.1. The zero-order valence-electron chi connectivity index (χ0n) is 24.9. The Hall–Kier alpha value is -4.51. The molecule has 0 aromatic heterocycles. The van der Waals surface area contributed by atoms with Crippen molar-refractivity contribution in [3.8, 4) is 11.5 Å². The smallest absolute Gasteiger partial charge is 0.475 e. The minimum Gasteiger partial charge on any atom is -0.475 e. The van der Waals surface area contributed by atoms with E-state index in [1.165, 1.54) is 12.1 Å². The molecule has 43 heavy (non-hydrogen) atoms. The highest BCUT2D eigenvalue weighted by Gasteiger charge is 2.38. The maximum absolute atomic E-state index is 12.9. The summed E-state index contributed by atoms with van der Waals surface area (Å²) in [6.45, 7) is 13.7. The first-order valence-corrected chi connectivity index (χ1v) is 13.1. The molecule has 3 rings (SSSR count). The number of Topliss-reactive ketones (excluding diaryl/α,β-unsaturated/α-hetero) is 1. The van der Waals surface area contributed by atoms with Gasteiger partial charge in [-0.3, -0.25) is 4.79 Å². The molecule has 0 bridgehead atoms. The van der Waals surface area contributed by atoms with E-state index in [2.05, 4.69) is 5.32 Å². The Labute approximate surface area is 247 Å². The first-order valence-electron chi connectivity index (χ1n) is 13.1. The van der Waals surface area contributed by atoms with Crippen molar-refractivity contribution in [2.24, 2.45) is 0 Å². The monoisotopic (exact) mass is 601 g/mol. The van der Waals surface area contributed by atoms with Crippen LogP contribution < -0.4 is 14.8 Å². The zero-order chi connectivity index (χ0) is 32.7. The summed E-state index contributed by atoms with van der Waals surface area (Å²) in [6, 6.07) is 15.0. The van der Waals surface area contributed by atoms with E-state index in [0.717, 1.165) is 22.3 Å². The van der Waals surface area contributed by atoms with E-state index in [1.807, 2.05) is 60.6 Å². The van der Waals surface area contributed by atoms with Crippen LogP contribution in [0.15, 0.2) is 54.6 Å². The van der Waals surface area contributed by atoms with Gasteiger partial charge in [0.25, 0.3) is 0 Å². The topological polar surface area (TPSA) is 119 Å². The number of carboxylic acid groups (broad SMARTS) is 1. The molecule has 0 saturated carbocycles. The molecular formula is C32H34F3NO7. The lowest BCUT2D eigenvalue weighted by Crippen LogP contribution is -2.39. The van der Waals surface area contributed by atoms with E-state index in [9.17, 15) is 27.6 Å². The molecule has 230 valence electrons. The number of ether oxygens (including phenoxy) is 2. The van der Waals surface area contributed by atoms with E-state index in [-0.39, 0.29) is 29.4 Å². The zero-order valence-corrected chi connectivity index (χ0v) is 24.9. The molecule has 0 aliphatic rings. The molecule has 0 amide bonds. The van der Waals surface area contributed by atoms with Gasteiger partial charge >= 0.3 is 24.1 Å². The lowest BCUT2D eigenvalue weighted by molar-refractivity contribution is -0.192. The third-order valence-electron chi connectivity index (χ3n) is 6.18. The number of esters is 2. The van der Waals surface area contributed by atoms with Crippen molar-refractivity contribution < 1.29 is 46.9 Å². The minimum absolute atomic E-state index is 0.00276. The summed E-state index contributed by atoms with van der Waals surface area (Å²) >= 11 is 0. The molecule has 0 saturated heterocycles. The third kappa shape index (κ3) is 10.7. The number of rotatable bonds is 7. The standard InChI is InChI=1S/C30H33NO5.C2HF3O2/c1-18-8-10-23(14-20(18)3)28(33)35-26-13-12-22(25(32)17-31-30(5,6)7)16-27(26)36-29(34)24-11-9-19(2)21(4)15-24;3-2(4,5)1(6)7/h8-16,31H,17H2,1-7H3;(H,6,7). The second-order valence-electron chi connectivity index (χ2n) is 10.9. The van der Waals surface area contributed by atoms with E-state index >= 15 is 0 Å². The van der Waals surface area contributed by atoms with Gasteiger partial charge in [-0.05, 0) is 113 Å². The summed E-state index contributed by atoms with van der Waals surface area (Å²) in [5, 5.41) is 10.3. The number of carboxylic acids is 1. The molecule has 0 radical (unpaired) electrons. The van der Waals surface area contributed by atoms with Crippen molar-refractivity contribution in [2.45, 2.75) is 60.2 Å². The molecule has 0 aliphatic carbocycles. The van der Waals surface area contributed by atoms with Gasteiger partial charge in [-0.1, -0.05) is 12.1 Å². The molecule has 0 heterocycles. The number of alkyl halides is 3. The molecule has 0 fully saturated rings. The molecule has 2 N–H and O–H groups in total. The van der Waals surface area contributed by atoms with Crippen molar-refractivity contribution in [1.29, 1.82) is 0 Å². The lowest BCUT2D eigenvalue weighted by atomic mass is 10.1. The van der Waals surface area contributed by atoms with Crippen molar-refractivity contribution in [1.82, 2.24) is 5.32 Å². The van der Waals surface area contributed by atoms with Crippen LogP contribution in [0.5, 0.6) is 11.5 Å². The van der Waals surface area contributed by atoms with Crippen LogP contribution in [0.4, 0.5) is 13.2 Å². The summed E-state index contributed by atoms with van der Waals surface area (Å²) in [7, 11) is 0. The average Bonchev–Trinajstić information content (AvgIpc) is 2.90. The predicted octanol–water partition coefficient (Wildman–Crippen LogP) is 6.56. The van der Waals surface area contributed by atoms with E-state index in [4.69, 9.17) is 19.4 Å². The molecule has 0 atom stereocenters. The molecule has 3 aromatic carbocycles. The first-order chi connectivity index (χ1) is 19.8. The lowest BCUT2D eigenvalue weighted by Gasteiger charge is -2.20. The van der Waals surface area contributed by atoms with Crippen LogP contribution in [0.25, 0.3) is 0 Å². The van der Waals surface area contributed by atoms with Gasteiger partial charge in [-0.25, -0.2) is 14.4 Å². The SMILES string of the molecule is Cc1ccc(C(=O)Oc2ccc(C(=O)CNC(C)(C)C)cc2OC(=O)c2ccc(C)c(C)c2)cc1C.O=C(O)C(F)(F)F. The Morgan fingerprint density at radius 1 is 0.674 bits per heavy atom. The fourth-order valence-electron chi connectivity index (χ4n) is 3.35. The number of carbonyl (C=O) groups excluding carboxylic acids is 3. The summed E-state index contributed by atoms with van der Waals surface area (Å²) < 4.78 is 43.0. The number of hydrogen-bond acceptors (Lipinski definition) is 7. The maximum Gasteiger partial charge on any atom is 0.490 e. The number of ketones is 1. The van der Waals surface area contributed by atoms with E-state index < -0.39 is 24.1 Å². The number of aliphatic carboxylic acids is 1. The van der Waals surface area contributed by atoms with Gasteiger partial charge in [0.15, 0.2) is 17.3 Å². The summed E-state index contributed by atoms with van der Waals surface area (Å²) in [4.78, 5) is 47.5. The number of hydrogen-bond donors (Lipinski definition) is 2. The van der Waals surface area contributed by atoms with E-state index in [0.29, 0.717) is 16.7 Å². The second-order valence-corrected chi connectivity index (χ2v) is 10.9. The Kier molecular flexibility index (Phi) is 11.4. The van der Waals surface area contributed by atoms with Gasteiger partial charge in [0.05, 0.1) is 17.7 Å². The highest BCUT2D eigenvalue weighted by atomic mass is 19.4. The number of halogens is 3. The van der Waals surface area contributed by atoms with Crippen LogP contribution in [-0.4, -0.2) is 47.1 Å². The van der Waals surface area contributed by atoms with Crippen molar-refractivity contribution in [2.75, 3.05) is 6.54 Å². The number of carbonyl (C=O) groups is 4. The number of nitrogens with one attached hydrogen (secondary N) is 1. The Balaban J connectivity index is 0.000000821. The molecule has 3 aromatic rings. The fraction of sp³-hybridized carbons (Fsp3) is 0.312. The quantitative estimate of drug-likeness (QED) is 0.178. The van der Waals surface area contributed by atoms with Crippen molar-refractivity contribution >= 4 is 23.7 Å². The Bertz CT molecular complexity index is 1520. The molecule has 0 unspecified atom stereocenters. The van der Waals surface area contributed by atoms with Gasteiger partial charge in [0.1, 0.15) is 0 Å². The number of benzene rings is 3. The normalized spacial score (nSPS) is 11.2. The molecular weight excluding hydrogens is 567 g/mol. The van der Waals surface area contributed by atoms with Crippen LogP contribution in [-0.2, 0) is 4.79 Å². The van der Waals surface area contributed by atoms with Gasteiger partial charge < -0.3 is 19.9 Å². The Morgan fingerprint density at radius 3 is 1.49 bits per heavy atom. The van der Waals surface area contributed by atoms with Crippen LogP contribution >= 0.6 is 0 Å². The molecule has 0 aliphatic heterocycles. The predicted molar refractivity (Wildman–Crippen MR) is 154 cm³/mol. The maximum atomic E-state index is 12.9. The average molecular weight is 602 g/mol. The van der Waals surface area contributed by atoms with Gasteiger partial charge in [0.2, 0.25) is 0 Å². The van der Waals surface area contributed by atoms with Crippen LogP contribution in [0.1, 0.15) is 74.1 Å². The van der Waals surface area contributed by atoms with Gasteiger partial charge in [0, 0.05) is 11.1 Å². The molecule has 0 spiro atoms. The highest BCUT2D eigenvalue weighted by Crippen LogP contribution is 2.31. The molecule has 11 heteroatoms. The summed E-state index contributed by atoms with van der Waals surface area (Å²) in [5.74, 6) is -4.09.